The lowest BCUT2D eigenvalue weighted by Crippen LogP contribution is -2.14. The molecule has 32 heavy (non-hydrogen) atoms. The van der Waals surface area contributed by atoms with Crippen molar-refractivity contribution in [3.8, 4) is 5.75 Å². The van der Waals surface area contributed by atoms with Gasteiger partial charge in [0.25, 0.3) is 0 Å². The number of allylic oxidation sites excluding steroid dienone is 1. The van der Waals surface area contributed by atoms with E-state index in [1.807, 2.05) is 41.8 Å². The number of carbonyl (C=O) groups excluding carboxylic acids is 1. The van der Waals surface area contributed by atoms with Crippen molar-refractivity contribution < 1.29 is 9.53 Å². The molecule has 2 aromatic carbocycles. The maximum atomic E-state index is 12.3. The van der Waals surface area contributed by atoms with Crippen molar-refractivity contribution in [1.29, 1.82) is 0 Å². The van der Waals surface area contributed by atoms with E-state index in [2.05, 4.69) is 38.0 Å². The Hall–Kier alpha value is -2.29. The second-order valence-electron chi connectivity index (χ2n) is 7.03. The smallest absolute Gasteiger partial charge is 0.234 e. The highest BCUT2D eigenvalue weighted by Crippen LogP contribution is 2.28. The molecule has 0 aliphatic carbocycles. The third-order valence-corrected chi connectivity index (χ3v) is 6.29. The number of nitrogens with zero attached hydrogens (tertiary/aromatic N) is 3. The number of benzene rings is 2. The van der Waals surface area contributed by atoms with Gasteiger partial charge in [0.05, 0.1) is 16.8 Å². The second kappa shape index (κ2) is 12.1. The SMILES string of the molecule is C=CCn1c(CCCOc2ccc(Cl)cc2Br)nnc1SCC(=O)Nc1ccc(C)cc1. The van der Waals surface area contributed by atoms with Crippen molar-refractivity contribution in [1.82, 2.24) is 14.8 Å². The summed E-state index contributed by atoms with van der Waals surface area (Å²) >= 11 is 10.8. The van der Waals surface area contributed by atoms with Gasteiger partial charge in [0.15, 0.2) is 5.16 Å². The lowest BCUT2D eigenvalue weighted by molar-refractivity contribution is -0.113. The summed E-state index contributed by atoms with van der Waals surface area (Å²) in [6.45, 7) is 6.94. The minimum Gasteiger partial charge on any atom is -0.492 e. The van der Waals surface area contributed by atoms with Crippen molar-refractivity contribution in [3.63, 3.8) is 0 Å². The highest BCUT2D eigenvalue weighted by molar-refractivity contribution is 9.10. The van der Waals surface area contributed by atoms with Crippen LogP contribution in [0.25, 0.3) is 0 Å². The Labute approximate surface area is 205 Å². The van der Waals surface area contributed by atoms with Crippen LogP contribution < -0.4 is 10.1 Å². The van der Waals surface area contributed by atoms with E-state index >= 15 is 0 Å². The largest absolute Gasteiger partial charge is 0.492 e. The van der Waals surface area contributed by atoms with Crippen LogP contribution in [0.2, 0.25) is 5.02 Å². The maximum Gasteiger partial charge on any atom is 0.234 e. The van der Waals surface area contributed by atoms with Gasteiger partial charge in [0.2, 0.25) is 5.91 Å². The summed E-state index contributed by atoms with van der Waals surface area (Å²) in [6.07, 6.45) is 3.26. The van der Waals surface area contributed by atoms with Gasteiger partial charge in [-0.1, -0.05) is 47.1 Å². The fourth-order valence-electron chi connectivity index (χ4n) is 2.89. The quantitative estimate of drug-likeness (QED) is 0.187. The van der Waals surface area contributed by atoms with Gasteiger partial charge >= 0.3 is 0 Å². The monoisotopic (exact) mass is 534 g/mol. The summed E-state index contributed by atoms with van der Waals surface area (Å²) in [5.74, 6) is 1.75. The Morgan fingerprint density at radius 1 is 1.28 bits per heavy atom. The predicted molar refractivity (Wildman–Crippen MR) is 134 cm³/mol. The molecule has 0 fully saturated rings. The molecule has 3 rings (SSSR count). The first-order chi connectivity index (χ1) is 15.5. The summed E-state index contributed by atoms with van der Waals surface area (Å²) in [5.41, 5.74) is 1.93. The number of amides is 1. The number of anilines is 1. The summed E-state index contributed by atoms with van der Waals surface area (Å²) < 4.78 is 8.62. The molecule has 168 valence electrons. The first-order valence-corrected chi connectivity index (χ1v) is 12.2. The van der Waals surface area contributed by atoms with Gasteiger partial charge < -0.3 is 14.6 Å². The van der Waals surface area contributed by atoms with E-state index in [0.717, 1.165) is 33.7 Å². The number of ether oxygens (including phenoxy) is 1. The second-order valence-corrected chi connectivity index (χ2v) is 9.26. The van der Waals surface area contributed by atoms with Gasteiger partial charge in [-0.2, -0.15) is 0 Å². The highest BCUT2D eigenvalue weighted by Gasteiger charge is 2.14. The summed E-state index contributed by atoms with van der Waals surface area (Å²) in [7, 11) is 0. The molecule has 6 nitrogen and oxygen atoms in total. The van der Waals surface area contributed by atoms with Crippen LogP contribution in [0, 0.1) is 6.92 Å². The Morgan fingerprint density at radius 3 is 2.78 bits per heavy atom. The van der Waals surface area contributed by atoms with Crippen LogP contribution in [0.5, 0.6) is 5.75 Å². The Bertz CT molecular complexity index is 1070. The zero-order chi connectivity index (χ0) is 22.9. The minimum absolute atomic E-state index is 0.0875. The Kier molecular flexibility index (Phi) is 9.20. The molecule has 1 N–H and O–H groups in total. The van der Waals surface area contributed by atoms with Crippen LogP contribution in [0.3, 0.4) is 0 Å². The van der Waals surface area contributed by atoms with Gasteiger partial charge in [-0.3, -0.25) is 4.79 Å². The average Bonchev–Trinajstić information content (AvgIpc) is 3.14. The van der Waals surface area contributed by atoms with Crippen LogP contribution in [0.15, 0.2) is 64.7 Å². The molecule has 0 aliphatic rings. The van der Waals surface area contributed by atoms with Gasteiger partial charge in [0, 0.05) is 23.7 Å². The molecule has 0 aliphatic heterocycles. The molecule has 9 heteroatoms. The fraction of sp³-hybridized carbons (Fsp3) is 0.261. The van der Waals surface area contributed by atoms with Crippen LogP contribution >= 0.6 is 39.3 Å². The highest BCUT2D eigenvalue weighted by atomic mass is 79.9. The molecule has 1 aromatic heterocycles. The molecular weight excluding hydrogens is 512 g/mol. The number of hydrogen-bond donors (Lipinski definition) is 1. The first kappa shape index (κ1) is 24.4. The third-order valence-electron chi connectivity index (χ3n) is 4.47. The molecule has 0 saturated heterocycles. The van der Waals surface area contributed by atoms with Crippen molar-refractivity contribution in [2.45, 2.75) is 31.5 Å². The van der Waals surface area contributed by atoms with Crippen LogP contribution in [0.4, 0.5) is 5.69 Å². The number of thioether (sulfide) groups is 1. The van der Waals surface area contributed by atoms with E-state index in [1.165, 1.54) is 11.8 Å². The molecule has 0 atom stereocenters. The van der Waals surface area contributed by atoms with Crippen LogP contribution in [-0.4, -0.2) is 33.0 Å². The van der Waals surface area contributed by atoms with E-state index in [9.17, 15) is 4.79 Å². The lowest BCUT2D eigenvalue weighted by atomic mass is 10.2. The van der Waals surface area contributed by atoms with Crippen molar-refractivity contribution in [2.75, 3.05) is 17.7 Å². The van der Waals surface area contributed by atoms with E-state index in [0.29, 0.717) is 29.8 Å². The van der Waals surface area contributed by atoms with E-state index < -0.39 is 0 Å². The van der Waals surface area contributed by atoms with Crippen molar-refractivity contribution >= 4 is 50.9 Å². The number of rotatable bonds is 11. The molecule has 3 aromatic rings. The van der Waals surface area contributed by atoms with E-state index in [4.69, 9.17) is 16.3 Å². The van der Waals surface area contributed by atoms with Gasteiger partial charge in [-0.25, -0.2) is 0 Å². The number of nitrogens with one attached hydrogen (secondary N) is 1. The topological polar surface area (TPSA) is 69.0 Å². The molecule has 1 amide bonds. The number of aryl methyl sites for hydroxylation is 2. The minimum atomic E-state index is -0.0875. The van der Waals surface area contributed by atoms with Crippen molar-refractivity contribution in [3.05, 3.63) is 76.0 Å². The first-order valence-electron chi connectivity index (χ1n) is 10.1. The number of aromatic nitrogens is 3. The zero-order valence-electron chi connectivity index (χ0n) is 17.7. The predicted octanol–water partition coefficient (Wildman–Crippen LogP) is 5.93. The molecule has 1 heterocycles. The summed E-state index contributed by atoms with van der Waals surface area (Å²) in [5, 5.41) is 12.8. The standard InChI is InChI=1S/C23H24BrClN4O2S/c1-3-12-29-21(5-4-13-31-20-11-8-17(25)14-19(20)24)27-28-23(29)32-15-22(30)26-18-9-6-16(2)7-10-18/h3,6-11,14H,1,4-5,12-13,15H2,2H3,(H,26,30). The fourth-order valence-corrected chi connectivity index (χ4v) is 4.46. The molecule has 0 radical (unpaired) electrons. The van der Waals surface area contributed by atoms with E-state index in [-0.39, 0.29) is 11.7 Å². The number of carbonyl (C=O) groups is 1. The lowest BCUT2D eigenvalue weighted by Gasteiger charge is -2.10. The molecule has 0 saturated carbocycles. The summed E-state index contributed by atoms with van der Waals surface area (Å²) in [4.78, 5) is 12.3. The van der Waals surface area contributed by atoms with Crippen molar-refractivity contribution in [2.24, 2.45) is 0 Å². The molecule has 0 spiro atoms. The summed E-state index contributed by atoms with van der Waals surface area (Å²) in [6, 6.07) is 13.1. The molecule has 0 unspecified atom stereocenters. The van der Waals surface area contributed by atoms with Crippen LogP contribution in [-0.2, 0) is 17.8 Å². The maximum absolute atomic E-state index is 12.3. The van der Waals surface area contributed by atoms with Gasteiger partial charge in [0.1, 0.15) is 11.6 Å². The number of halogens is 2. The Balaban J connectivity index is 1.52. The average molecular weight is 536 g/mol. The normalized spacial score (nSPS) is 10.7. The third kappa shape index (κ3) is 7.12. The molecule has 0 bridgehead atoms. The van der Waals surface area contributed by atoms with Crippen LogP contribution in [0.1, 0.15) is 17.8 Å². The number of hydrogen-bond acceptors (Lipinski definition) is 5. The van der Waals surface area contributed by atoms with E-state index in [1.54, 1.807) is 18.2 Å². The molecular formula is C23H24BrClN4O2S. The zero-order valence-corrected chi connectivity index (χ0v) is 20.8. The van der Waals surface area contributed by atoms with Gasteiger partial charge in [-0.15, -0.1) is 16.8 Å². The van der Waals surface area contributed by atoms with Gasteiger partial charge in [-0.05, 0) is 59.6 Å². The Morgan fingerprint density at radius 2 is 2.06 bits per heavy atom.